The Hall–Kier alpha value is -3.46. The normalized spacial score (nSPS) is 15.3. The Morgan fingerprint density at radius 3 is 2.66 bits per heavy atom. The van der Waals surface area contributed by atoms with E-state index in [1.807, 2.05) is 20.0 Å². The van der Waals surface area contributed by atoms with E-state index in [1.54, 1.807) is 12.1 Å². The van der Waals surface area contributed by atoms with Gasteiger partial charge >= 0.3 is 5.76 Å². The van der Waals surface area contributed by atoms with Crippen LogP contribution in [0.1, 0.15) is 43.2 Å². The molecule has 3 N–H and O–H groups in total. The predicted molar refractivity (Wildman–Crippen MR) is 117 cm³/mol. The number of hydrogen-bond donors (Lipinski definition) is 3. The molecule has 4 rings (SSSR count). The third-order valence-corrected chi connectivity index (χ3v) is 6.12. The standard InChI is InChI=1S/C23H25FN4O4/c1-14-9-10-17(18(19(14)26-13-29)23(25-2)11-4-3-5-12-23)31-20-15(7-6-8-16(20)24)21-27-22(30)32-28-21/h6-10,13,25H,3-5,11-12H2,1-2H3,(H,26,29)(H,27,28,30). The lowest BCUT2D eigenvalue weighted by molar-refractivity contribution is -0.105. The molecule has 8 nitrogen and oxygen atoms in total. The van der Waals surface area contributed by atoms with Gasteiger partial charge in [-0.05, 0) is 50.6 Å². The number of ether oxygens (including phenoxy) is 1. The van der Waals surface area contributed by atoms with E-state index in [0.29, 0.717) is 17.8 Å². The maximum absolute atomic E-state index is 14.9. The Kier molecular flexibility index (Phi) is 6.09. The fourth-order valence-corrected chi connectivity index (χ4v) is 4.53. The van der Waals surface area contributed by atoms with Crippen molar-refractivity contribution in [2.45, 2.75) is 44.6 Å². The molecule has 9 heteroatoms. The van der Waals surface area contributed by atoms with E-state index in [0.717, 1.165) is 43.2 Å². The third-order valence-electron chi connectivity index (χ3n) is 6.12. The molecule has 1 aromatic heterocycles. The summed E-state index contributed by atoms with van der Waals surface area (Å²) in [5.74, 6) is -0.995. The Bertz CT molecular complexity index is 1180. The van der Waals surface area contributed by atoms with Crippen molar-refractivity contribution in [3.63, 3.8) is 0 Å². The number of carbonyl (C=O) groups excluding carboxylic acids is 1. The summed E-state index contributed by atoms with van der Waals surface area (Å²) < 4.78 is 25.7. The van der Waals surface area contributed by atoms with Crippen LogP contribution in [0.2, 0.25) is 0 Å². The highest BCUT2D eigenvalue weighted by Crippen LogP contribution is 2.47. The highest BCUT2D eigenvalue weighted by Gasteiger charge is 2.38. The second-order valence-corrected chi connectivity index (χ2v) is 7.95. The van der Waals surface area contributed by atoms with Crippen LogP contribution in [0.25, 0.3) is 11.4 Å². The van der Waals surface area contributed by atoms with Crippen molar-refractivity contribution in [2.75, 3.05) is 12.4 Å². The topological polar surface area (TPSA) is 109 Å². The van der Waals surface area contributed by atoms with Gasteiger partial charge in [-0.15, -0.1) is 0 Å². The Balaban J connectivity index is 1.90. The lowest BCUT2D eigenvalue weighted by Gasteiger charge is -2.40. The first-order chi connectivity index (χ1) is 15.5. The SMILES string of the molecule is CNC1(c2c(Oc3c(F)cccc3-c3noc(=O)[nH]3)ccc(C)c2NC=O)CCCCC1. The van der Waals surface area contributed by atoms with Crippen LogP contribution >= 0.6 is 0 Å². The van der Waals surface area contributed by atoms with E-state index in [-0.39, 0.29) is 17.1 Å². The van der Waals surface area contributed by atoms with Crippen molar-refractivity contribution in [3.05, 3.63) is 57.8 Å². The number of rotatable bonds is 7. The van der Waals surface area contributed by atoms with Gasteiger partial charge in [-0.3, -0.25) is 14.3 Å². The summed E-state index contributed by atoms with van der Waals surface area (Å²) in [7, 11) is 1.89. The van der Waals surface area contributed by atoms with E-state index < -0.39 is 17.1 Å². The summed E-state index contributed by atoms with van der Waals surface area (Å²) in [5, 5.41) is 9.94. The number of carbonyl (C=O) groups is 1. The third kappa shape index (κ3) is 3.91. The van der Waals surface area contributed by atoms with E-state index in [2.05, 4.69) is 25.3 Å². The zero-order chi connectivity index (χ0) is 22.7. The summed E-state index contributed by atoms with van der Waals surface area (Å²) in [5.41, 5.74) is 2.08. The lowest BCUT2D eigenvalue weighted by atomic mass is 9.75. The van der Waals surface area contributed by atoms with Crippen LogP contribution in [-0.4, -0.2) is 23.6 Å². The van der Waals surface area contributed by atoms with Crippen LogP contribution < -0.4 is 21.1 Å². The van der Waals surface area contributed by atoms with E-state index in [9.17, 15) is 14.0 Å². The van der Waals surface area contributed by atoms with E-state index in [4.69, 9.17) is 4.74 Å². The number of para-hydroxylation sites is 1. The Labute approximate surface area is 184 Å². The molecule has 1 amide bonds. The number of hydrogen-bond acceptors (Lipinski definition) is 6. The molecule has 0 unspecified atom stereocenters. The van der Waals surface area contributed by atoms with Gasteiger partial charge in [0.25, 0.3) is 0 Å². The molecule has 1 heterocycles. The van der Waals surface area contributed by atoms with Crippen molar-refractivity contribution < 1.29 is 18.4 Å². The largest absolute Gasteiger partial charge is 0.453 e. The summed E-state index contributed by atoms with van der Waals surface area (Å²) in [6.45, 7) is 1.90. The van der Waals surface area contributed by atoms with E-state index >= 15 is 0 Å². The fourth-order valence-electron chi connectivity index (χ4n) is 4.53. The molecule has 0 radical (unpaired) electrons. The summed E-state index contributed by atoms with van der Waals surface area (Å²) >= 11 is 0. The van der Waals surface area contributed by atoms with Crippen molar-refractivity contribution in [2.24, 2.45) is 0 Å². The molecule has 1 aliphatic rings. The molecule has 1 aliphatic carbocycles. The molecule has 168 valence electrons. The number of nitrogens with zero attached hydrogens (tertiary/aromatic N) is 1. The van der Waals surface area contributed by atoms with Crippen LogP contribution in [0.5, 0.6) is 11.5 Å². The number of aromatic amines is 1. The molecule has 0 saturated heterocycles. The number of halogens is 1. The summed E-state index contributed by atoms with van der Waals surface area (Å²) in [4.78, 5) is 25.3. The second kappa shape index (κ2) is 8.96. The predicted octanol–water partition coefficient (Wildman–Crippen LogP) is 4.22. The average molecular weight is 440 g/mol. The zero-order valence-electron chi connectivity index (χ0n) is 18.0. The maximum atomic E-state index is 14.9. The quantitative estimate of drug-likeness (QED) is 0.475. The molecular weight excluding hydrogens is 415 g/mol. The van der Waals surface area contributed by atoms with Gasteiger partial charge in [-0.25, -0.2) is 9.18 Å². The van der Waals surface area contributed by atoms with Gasteiger partial charge in [0.2, 0.25) is 6.41 Å². The highest BCUT2D eigenvalue weighted by molar-refractivity contribution is 5.79. The minimum absolute atomic E-state index is 0.0606. The van der Waals surface area contributed by atoms with Crippen molar-refractivity contribution in [1.82, 2.24) is 15.5 Å². The minimum Gasteiger partial charge on any atom is -0.453 e. The molecule has 1 saturated carbocycles. The number of benzene rings is 2. The first-order valence-electron chi connectivity index (χ1n) is 10.5. The van der Waals surface area contributed by atoms with Gasteiger partial charge in [-0.1, -0.05) is 36.6 Å². The summed E-state index contributed by atoms with van der Waals surface area (Å²) in [6.07, 6.45) is 5.48. The zero-order valence-corrected chi connectivity index (χ0v) is 18.0. The molecular formula is C23H25FN4O4. The monoisotopic (exact) mass is 440 g/mol. The number of anilines is 1. The van der Waals surface area contributed by atoms with Crippen LogP contribution in [0.15, 0.2) is 39.6 Å². The number of H-pyrrole nitrogens is 1. The van der Waals surface area contributed by atoms with Gasteiger partial charge in [0.05, 0.1) is 11.3 Å². The van der Waals surface area contributed by atoms with Crippen LogP contribution in [0.4, 0.5) is 10.1 Å². The number of amides is 1. The average Bonchev–Trinajstić information content (AvgIpc) is 3.24. The number of aromatic nitrogens is 2. The van der Waals surface area contributed by atoms with Gasteiger partial charge in [0.15, 0.2) is 17.4 Å². The molecule has 32 heavy (non-hydrogen) atoms. The highest BCUT2D eigenvalue weighted by atomic mass is 19.1. The molecule has 0 atom stereocenters. The molecule has 0 bridgehead atoms. The first-order valence-corrected chi connectivity index (χ1v) is 10.5. The fraction of sp³-hybridized carbons (Fsp3) is 0.348. The van der Waals surface area contributed by atoms with Crippen LogP contribution in [0, 0.1) is 12.7 Å². The molecule has 0 spiro atoms. The smallest absolute Gasteiger partial charge is 0.439 e. The lowest BCUT2D eigenvalue weighted by Crippen LogP contribution is -2.42. The number of nitrogens with one attached hydrogen (secondary N) is 3. The van der Waals surface area contributed by atoms with Crippen LogP contribution in [-0.2, 0) is 10.3 Å². The molecule has 3 aromatic rings. The van der Waals surface area contributed by atoms with Gasteiger partial charge in [-0.2, -0.15) is 0 Å². The van der Waals surface area contributed by atoms with Gasteiger partial charge < -0.3 is 15.4 Å². The van der Waals surface area contributed by atoms with Crippen molar-refractivity contribution >= 4 is 12.1 Å². The second-order valence-electron chi connectivity index (χ2n) is 7.95. The van der Waals surface area contributed by atoms with Gasteiger partial charge in [0, 0.05) is 11.1 Å². The van der Waals surface area contributed by atoms with Crippen LogP contribution in [0.3, 0.4) is 0 Å². The van der Waals surface area contributed by atoms with E-state index in [1.165, 1.54) is 12.1 Å². The Morgan fingerprint density at radius 1 is 1.22 bits per heavy atom. The minimum atomic E-state index is -0.750. The first kappa shape index (κ1) is 21.8. The molecule has 2 aromatic carbocycles. The molecule has 1 fully saturated rings. The van der Waals surface area contributed by atoms with Crippen molar-refractivity contribution in [1.29, 1.82) is 0 Å². The Morgan fingerprint density at radius 2 is 2.00 bits per heavy atom. The molecule has 0 aliphatic heterocycles. The maximum Gasteiger partial charge on any atom is 0.439 e. The van der Waals surface area contributed by atoms with Crippen molar-refractivity contribution in [3.8, 4) is 22.9 Å². The summed E-state index contributed by atoms with van der Waals surface area (Å²) in [6, 6.07) is 7.94. The number of aryl methyl sites for hydroxylation is 1. The van der Waals surface area contributed by atoms with Gasteiger partial charge in [0.1, 0.15) is 5.75 Å².